The molecule has 28 nitrogen and oxygen atoms in total. The molecule has 0 aromatic heterocycles. The lowest BCUT2D eigenvalue weighted by Gasteiger charge is -2.49. The van der Waals surface area contributed by atoms with E-state index in [1.807, 2.05) is 0 Å². The first kappa shape index (κ1) is 54.1. The van der Waals surface area contributed by atoms with Gasteiger partial charge in [-0.1, -0.05) is 29.4 Å². The minimum atomic E-state index is -4.48. The second-order valence-corrected chi connectivity index (χ2v) is 18.5. The molecule has 30 heteroatoms. The minimum Gasteiger partial charge on any atom is -0.394 e. The average molecular weight is 1010 g/mol. The molecule has 4 aliphatic rings. The highest BCUT2D eigenvalue weighted by Gasteiger charge is 2.55. The second kappa shape index (κ2) is 23.8. The molecule has 0 radical (unpaired) electrons. The molecule has 0 bridgehead atoms. The number of hydrogen-bond acceptors (Lipinski definition) is 25. The maximum atomic E-state index is 12.7. The van der Waals surface area contributed by atoms with E-state index in [2.05, 4.69) is 20.7 Å². The first-order chi connectivity index (χ1) is 32.3. The van der Waals surface area contributed by atoms with Crippen molar-refractivity contribution < 1.29 is 112 Å². The van der Waals surface area contributed by atoms with Gasteiger partial charge in [0.2, 0.25) is 5.91 Å². The molecule has 4 aliphatic heterocycles. The van der Waals surface area contributed by atoms with Gasteiger partial charge >= 0.3 is 0 Å². The monoisotopic (exact) mass is 1010 g/mol. The maximum absolute atomic E-state index is 12.7. The van der Waals surface area contributed by atoms with Crippen molar-refractivity contribution in [1.82, 2.24) is 5.32 Å². The third-order valence-corrected chi connectivity index (χ3v) is 13.7. The van der Waals surface area contributed by atoms with Crippen LogP contribution >= 0.6 is 11.8 Å². The summed E-state index contributed by atoms with van der Waals surface area (Å²) < 4.78 is 72.6. The van der Waals surface area contributed by atoms with E-state index in [1.165, 1.54) is 18.2 Å². The van der Waals surface area contributed by atoms with Crippen LogP contribution in [0.4, 0.5) is 5.69 Å². The van der Waals surface area contributed by atoms with Crippen LogP contribution in [0.3, 0.4) is 0 Å². The largest absolute Gasteiger partial charge is 0.394 e. The summed E-state index contributed by atoms with van der Waals surface area (Å²) in [6.45, 7) is -2.94. The molecule has 4 fully saturated rings. The van der Waals surface area contributed by atoms with Gasteiger partial charge in [-0.25, -0.2) is 0 Å². The summed E-state index contributed by atoms with van der Waals surface area (Å²) in [5, 5.41) is 138. The van der Waals surface area contributed by atoms with Gasteiger partial charge in [0.05, 0.1) is 38.2 Å². The van der Waals surface area contributed by atoms with Crippen molar-refractivity contribution in [3.8, 4) is 0 Å². The van der Waals surface area contributed by atoms with Crippen molar-refractivity contribution in [2.24, 2.45) is 5.11 Å². The molecule has 382 valence electrons. The SMILES string of the molecule is [N-]=[N+]=NC[C@H]1O[C@@H](O[C@H]2[C@H](O)[C@@H](O)[C@H](O[C@H]3[C@H](O)[C@@H](O)[C@H](O[C@H]4[C@H](O)[C@@H](O)[C@H](SCC(=O)NCCNc5cccc6c(S(=O)(=O)O)cccc56)O[C@@H]4CO)O[C@@H]3CO)O[C@@H]2CO)[C@H](O)[C@@H](O)[C@H]1O. The number of carbonyl (C=O) groups excluding carboxylic acids is 1. The lowest BCUT2D eigenvalue weighted by atomic mass is 9.95. The molecule has 4 heterocycles. The number of carbonyl (C=O) groups is 1. The Labute approximate surface area is 390 Å². The van der Waals surface area contributed by atoms with Crippen molar-refractivity contribution in [3.63, 3.8) is 0 Å². The highest BCUT2D eigenvalue weighted by molar-refractivity contribution is 8.00. The van der Waals surface area contributed by atoms with E-state index in [1.54, 1.807) is 18.2 Å². The molecule has 6 rings (SSSR count). The van der Waals surface area contributed by atoms with Crippen LogP contribution in [0, 0.1) is 0 Å². The summed E-state index contributed by atoms with van der Waals surface area (Å²) in [4.78, 5) is 15.0. The van der Waals surface area contributed by atoms with Gasteiger partial charge in [-0.05, 0) is 17.7 Å². The Morgan fingerprint density at radius 2 is 1.13 bits per heavy atom. The van der Waals surface area contributed by atoms with Crippen LogP contribution in [-0.2, 0) is 48.1 Å². The predicted molar refractivity (Wildman–Crippen MR) is 226 cm³/mol. The first-order valence-electron chi connectivity index (χ1n) is 21.0. The molecule has 0 saturated carbocycles. The molecular formula is C38H55N5O23S2. The van der Waals surface area contributed by atoms with Crippen LogP contribution in [0.15, 0.2) is 46.4 Å². The number of nitrogens with zero attached hydrogens (tertiary/aromatic N) is 3. The Kier molecular flexibility index (Phi) is 18.9. The van der Waals surface area contributed by atoms with Gasteiger partial charge in [-0.2, -0.15) is 8.42 Å². The summed E-state index contributed by atoms with van der Waals surface area (Å²) in [5.74, 6) is -0.806. The van der Waals surface area contributed by atoms with Crippen LogP contribution in [0.5, 0.6) is 0 Å². The molecule has 0 aliphatic carbocycles. The Bertz CT molecular complexity index is 2140. The zero-order chi connectivity index (χ0) is 49.6. The minimum absolute atomic E-state index is 0.0929. The molecule has 1 amide bonds. The smallest absolute Gasteiger partial charge is 0.295 e. The van der Waals surface area contributed by atoms with E-state index in [4.69, 9.17) is 38.7 Å². The lowest BCUT2D eigenvalue weighted by Crippen LogP contribution is -2.67. The standard InChI is InChI=1S/C38H55N5O23S2/c39-43-42-9-17-23(48)24(49)28(53)35(60-17)64-32-18(10-44)61-36(29(54)25(32)50)65-33-19(11-45)62-37(30(55)26(33)51)66-34-20(12-46)63-38(31(56)27(34)52)67-13-22(47)41-8-7-40-16-5-1-4-15-14(16)3-2-6-21(15)68(57,58)59/h1-6,17-20,23-38,40,44-46,48-56H,7-13H2,(H,41,47)(H,57,58,59)/t17-,18-,19-,20-,23+,24+,25-,26-,27-,28-,29-,30-,31-,32-,33-,34-,35+,36+,37+,38+/m1/s1. The fourth-order valence-corrected chi connectivity index (χ4v) is 9.76. The zero-order valence-electron chi connectivity index (χ0n) is 35.5. The van der Waals surface area contributed by atoms with Crippen molar-refractivity contribution in [1.29, 1.82) is 0 Å². The third-order valence-electron chi connectivity index (χ3n) is 11.6. The van der Waals surface area contributed by atoms with E-state index < -0.39 is 164 Å². The number of amides is 1. The van der Waals surface area contributed by atoms with Crippen LogP contribution < -0.4 is 10.6 Å². The maximum Gasteiger partial charge on any atom is 0.295 e. The molecule has 0 unspecified atom stereocenters. The van der Waals surface area contributed by atoms with Crippen molar-refractivity contribution >= 4 is 44.2 Å². The van der Waals surface area contributed by atoms with E-state index >= 15 is 0 Å². The first-order valence-corrected chi connectivity index (χ1v) is 23.5. The number of ether oxygens (including phenoxy) is 7. The lowest BCUT2D eigenvalue weighted by molar-refractivity contribution is -0.384. The third kappa shape index (κ3) is 12.1. The molecule has 4 saturated heterocycles. The molecule has 0 spiro atoms. The number of nitrogens with one attached hydrogen (secondary N) is 2. The fourth-order valence-electron chi connectivity index (χ4n) is 8.05. The summed E-state index contributed by atoms with van der Waals surface area (Å²) in [5.41, 5.74) is 7.88. The number of aliphatic hydroxyl groups is 12. The normalized spacial score (nSPS) is 39.0. The summed E-state index contributed by atoms with van der Waals surface area (Å²) in [6.07, 6.45) is -34.2. The number of thioether (sulfide) groups is 1. The quantitative estimate of drug-likeness (QED) is 0.0205. The van der Waals surface area contributed by atoms with Crippen LogP contribution in [0.25, 0.3) is 21.2 Å². The van der Waals surface area contributed by atoms with Gasteiger partial charge in [0.1, 0.15) is 102 Å². The Hall–Kier alpha value is -3.22. The fraction of sp³-hybridized carbons (Fsp3) is 0.711. The molecule has 20 atom stereocenters. The summed E-state index contributed by atoms with van der Waals surface area (Å²) in [6, 6.07) is 9.20. The predicted octanol–water partition coefficient (Wildman–Crippen LogP) is -6.06. The molecule has 68 heavy (non-hydrogen) atoms. The van der Waals surface area contributed by atoms with Gasteiger partial charge < -0.3 is 105 Å². The second-order valence-electron chi connectivity index (χ2n) is 16.1. The van der Waals surface area contributed by atoms with E-state index in [9.17, 15) is 79.0 Å². The molecule has 15 N–H and O–H groups in total. The summed E-state index contributed by atoms with van der Waals surface area (Å²) >= 11 is 0.773. The van der Waals surface area contributed by atoms with Gasteiger partial charge in [-0.3, -0.25) is 9.35 Å². The van der Waals surface area contributed by atoms with Gasteiger partial charge in [0, 0.05) is 34.5 Å². The molecular weight excluding hydrogens is 959 g/mol. The van der Waals surface area contributed by atoms with Crippen molar-refractivity contribution in [3.05, 3.63) is 46.8 Å². The Morgan fingerprint density at radius 1 is 0.647 bits per heavy atom. The topological polar surface area (TPSA) is 452 Å². The average Bonchev–Trinajstić information content (AvgIpc) is 3.32. The van der Waals surface area contributed by atoms with E-state index in [0.29, 0.717) is 11.1 Å². The van der Waals surface area contributed by atoms with Gasteiger partial charge in [0.15, 0.2) is 18.9 Å². The number of fused-ring (bicyclic) bond motifs is 1. The highest BCUT2D eigenvalue weighted by Crippen LogP contribution is 2.36. The van der Waals surface area contributed by atoms with Crippen LogP contribution in [0.2, 0.25) is 0 Å². The number of anilines is 1. The summed E-state index contributed by atoms with van der Waals surface area (Å²) in [7, 11) is -4.48. The van der Waals surface area contributed by atoms with Crippen molar-refractivity contribution in [2.45, 2.75) is 127 Å². The number of aliphatic hydroxyl groups excluding tert-OH is 12. The van der Waals surface area contributed by atoms with E-state index in [0.717, 1.165) is 11.8 Å². The van der Waals surface area contributed by atoms with Crippen LogP contribution in [-0.4, -0.2) is 247 Å². The Morgan fingerprint density at radius 3 is 1.66 bits per heavy atom. The van der Waals surface area contributed by atoms with Gasteiger partial charge in [0.25, 0.3) is 10.1 Å². The number of benzene rings is 2. The zero-order valence-corrected chi connectivity index (χ0v) is 37.1. The van der Waals surface area contributed by atoms with E-state index in [-0.39, 0.29) is 29.1 Å². The number of rotatable bonds is 19. The van der Waals surface area contributed by atoms with Crippen LogP contribution in [0.1, 0.15) is 0 Å². The number of azide groups is 1. The van der Waals surface area contributed by atoms with Crippen molar-refractivity contribution in [2.75, 3.05) is 50.5 Å². The van der Waals surface area contributed by atoms with Gasteiger partial charge in [-0.15, -0.1) is 11.8 Å². The number of hydrogen-bond donors (Lipinski definition) is 15. The molecule has 2 aromatic carbocycles. The Balaban J connectivity index is 0.999. The highest BCUT2D eigenvalue weighted by atomic mass is 32.2. The molecule has 2 aromatic rings.